The summed E-state index contributed by atoms with van der Waals surface area (Å²) in [5, 5.41) is 0.758. The topological polar surface area (TPSA) is 29.5 Å². The van der Waals surface area contributed by atoms with Gasteiger partial charge in [-0.1, -0.05) is 41.9 Å². The molecule has 2 atom stereocenters. The molecule has 1 saturated heterocycles. The van der Waals surface area contributed by atoms with Crippen LogP contribution in [0.25, 0.3) is 0 Å². The molecule has 0 aromatic heterocycles. The average molecular weight is 328 g/mol. The Morgan fingerprint density at radius 1 is 1.09 bits per heavy atom. The highest BCUT2D eigenvalue weighted by Gasteiger charge is 2.38. The number of fused-ring (bicyclic) bond motifs is 2. The van der Waals surface area contributed by atoms with E-state index in [0.717, 1.165) is 17.9 Å². The van der Waals surface area contributed by atoms with E-state index in [1.54, 1.807) is 11.9 Å². The maximum atomic E-state index is 11.9. The first kappa shape index (κ1) is 14.6. The Kier molecular flexibility index (Phi) is 3.53. The zero-order valence-electron chi connectivity index (χ0n) is 13.0. The van der Waals surface area contributed by atoms with Gasteiger partial charge in [0.2, 0.25) is 0 Å². The molecule has 0 spiro atoms. The standard InChI is InChI=1S/C19H18ClNO2/c1-21-11-17(23-19(21)22)18-15-5-3-2-4-12(15)6-7-13-10-14(20)8-9-16(13)18/h2-5,8-10,17-18H,6-7,11H2,1H3. The number of likely N-dealkylation sites (N-methyl/N-ethyl adjacent to an activating group) is 1. The van der Waals surface area contributed by atoms with E-state index >= 15 is 0 Å². The molecule has 4 heteroatoms. The van der Waals surface area contributed by atoms with Crippen LogP contribution in [0.15, 0.2) is 42.5 Å². The molecule has 1 aliphatic carbocycles. The second-order valence-corrected chi connectivity index (χ2v) is 6.76. The predicted octanol–water partition coefficient (Wildman–Crippen LogP) is 4.02. The number of carbonyl (C=O) groups is 1. The summed E-state index contributed by atoms with van der Waals surface area (Å²) in [6.45, 7) is 0.611. The molecule has 1 heterocycles. The molecule has 0 bridgehead atoms. The fraction of sp³-hybridized carbons (Fsp3) is 0.316. The monoisotopic (exact) mass is 327 g/mol. The smallest absolute Gasteiger partial charge is 0.409 e. The minimum Gasteiger partial charge on any atom is -0.443 e. The average Bonchev–Trinajstić information content (AvgIpc) is 2.78. The van der Waals surface area contributed by atoms with Crippen LogP contribution in [-0.4, -0.2) is 30.7 Å². The molecule has 1 amide bonds. The van der Waals surface area contributed by atoms with E-state index in [1.165, 1.54) is 22.3 Å². The number of aryl methyl sites for hydroxylation is 2. The molecule has 3 nitrogen and oxygen atoms in total. The van der Waals surface area contributed by atoms with Gasteiger partial charge in [-0.25, -0.2) is 4.79 Å². The Balaban J connectivity index is 1.87. The Morgan fingerprint density at radius 3 is 2.61 bits per heavy atom. The Morgan fingerprint density at radius 2 is 1.83 bits per heavy atom. The van der Waals surface area contributed by atoms with Gasteiger partial charge in [0.05, 0.1) is 6.54 Å². The quantitative estimate of drug-likeness (QED) is 0.791. The Bertz CT molecular complexity index is 774. The van der Waals surface area contributed by atoms with E-state index in [0.29, 0.717) is 6.54 Å². The van der Waals surface area contributed by atoms with Crippen molar-refractivity contribution in [2.75, 3.05) is 13.6 Å². The number of hydrogen-bond donors (Lipinski definition) is 0. The minimum atomic E-state index is -0.243. The third-order valence-electron chi connectivity index (χ3n) is 4.88. The fourth-order valence-corrected chi connectivity index (χ4v) is 3.97. The van der Waals surface area contributed by atoms with Gasteiger partial charge in [-0.05, 0) is 47.2 Å². The molecule has 118 valence electrons. The van der Waals surface area contributed by atoms with Gasteiger partial charge in [0.25, 0.3) is 0 Å². The molecular weight excluding hydrogens is 310 g/mol. The van der Waals surface area contributed by atoms with E-state index in [4.69, 9.17) is 16.3 Å². The van der Waals surface area contributed by atoms with Crippen molar-refractivity contribution in [3.63, 3.8) is 0 Å². The molecule has 2 aromatic carbocycles. The molecule has 0 N–H and O–H groups in total. The van der Waals surface area contributed by atoms with Gasteiger partial charge in [0, 0.05) is 18.0 Å². The SMILES string of the molecule is CN1CC(C2c3ccccc3CCc3cc(Cl)ccc32)OC1=O. The third kappa shape index (κ3) is 2.49. The van der Waals surface area contributed by atoms with Crippen molar-refractivity contribution in [1.29, 1.82) is 0 Å². The second-order valence-electron chi connectivity index (χ2n) is 6.32. The van der Waals surface area contributed by atoms with E-state index in [9.17, 15) is 4.79 Å². The van der Waals surface area contributed by atoms with Crippen molar-refractivity contribution in [3.8, 4) is 0 Å². The summed E-state index contributed by atoms with van der Waals surface area (Å²) in [5.74, 6) is 0.0647. The van der Waals surface area contributed by atoms with Crippen molar-refractivity contribution in [1.82, 2.24) is 4.90 Å². The number of carbonyl (C=O) groups excluding carboxylic acids is 1. The molecule has 2 aliphatic rings. The fourth-order valence-electron chi connectivity index (χ4n) is 3.77. The lowest BCUT2D eigenvalue weighted by Gasteiger charge is -2.25. The number of ether oxygens (including phenoxy) is 1. The molecular formula is C19H18ClNO2. The van der Waals surface area contributed by atoms with Crippen molar-refractivity contribution >= 4 is 17.7 Å². The number of benzene rings is 2. The largest absolute Gasteiger partial charge is 0.443 e. The highest BCUT2D eigenvalue weighted by atomic mass is 35.5. The van der Waals surface area contributed by atoms with Gasteiger partial charge in [-0.3, -0.25) is 0 Å². The van der Waals surface area contributed by atoms with Crippen molar-refractivity contribution < 1.29 is 9.53 Å². The van der Waals surface area contributed by atoms with Gasteiger partial charge in [-0.15, -0.1) is 0 Å². The molecule has 0 saturated carbocycles. The number of hydrogen-bond acceptors (Lipinski definition) is 2. The number of amides is 1. The van der Waals surface area contributed by atoms with Crippen LogP contribution in [0.3, 0.4) is 0 Å². The lowest BCUT2D eigenvalue weighted by atomic mass is 9.84. The summed E-state index contributed by atoms with van der Waals surface area (Å²) in [5.41, 5.74) is 5.08. The summed E-state index contributed by atoms with van der Waals surface area (Å²) < 4.78 is 5.67. The number of halogens is 1. The highest BCUT2D eigenvalue weighted by molar-refractivity contribution is 6.30. The molecule has 2 unspecified atom stereocenters. The van der Waals surface area contributed by atoms with Gasteiger partial charge in [0.15, 0.2) is 0 Å². The van der Waals surface area contributed by atoms with Crippen molar-refractivity contribution in [2.45, 2.75) is 24.9 Å². The van der Waals surface area contributed by atoms with E-state index in [1.807, 2.05) is 6.07 Å². The van der Waals surface area contributed by atoms with Crippen LogP contribution < -0.4 is 0 Å². The maximum Gasteiger partial charge on any atom is 0.409 e. The van der Waals surface area contributed by atoms with Crippen LogP contribution in [0, 0.1) is 0 Å². The van der Waals surface area contributed by atoms with Crippen molar-refractivity contribution in [2.24, 2.45) is 0 Å². The van der Waals surface area contributed by atoms with Crippen LogP contribution in [0.5, 0.6) is 0 Å². The van der Waals surface area contributed by atoms with Crippen molar-refractivity contribution in [3.05, 3.63) is 69.7 Å². The van der Waals surface area contributed by atoms with Gasteiger partial charge in [0.1, 0.15) is 6.10 Å². The van der Waals surface area contributed by atoms with Crippen LogP contribution >= 0.6 is 11.6 Å². The van der Waals surface area contributed by atoms with E-state index in [2.05, 4.69) is 36.4 Å². The van der Waals surface area contributed by atoms with Gasteiger partial charge >= 0.3 is 6.09 Å². The lowest BCUT2D eigenvalue weighted by Crippen LogP contribution is -2.25. The summed E-state index contributed by atoms with van der Waals surface area (Å²) in [4.78, 5) is 13.5. The molecule has 4 rings (SSSR count). The number of nitrogens with zero attached hydrogens (tertiary/aromatic N) is 1. The van der Waals surface area contributed by atoms with Gasteiger partial charge < -0.3 is 9.64 Å². The second kappa shape index (κ2) is 5.57. The highest BCUT2D eigenvalue weighted by Crippen LogP contribution is 2.40. The first-order valence-electron chi connectivity index (χ1n) is 7.91. The normalized spacial score (nSPS) is 23.0. The molecule has 1 aliphatic heterocycles. The van der Waals surface area contributed by atoms with Crippen LogP contribution in [0.2, 0.25) is 5.02 Å². The number of rotatable bonds is 1. The number of cyclic esters (lactones) is 1. The zero-order valence-corrected chi connectivity index (χ0v) is 13.7. The van der Waals surface area contributed by atoms with Crippen LogP contribution in [0.1, 0.15) is 28.2 Å². The van der Waals surface area contributed by atoms with Gasteiger partial charge in [-0.2, -0.15) is 0 Å². The lowest BCUT2D eigenvalue weighted by molar-refractivity contribution is 0.127. The predicted molar refractivity (Wildman–Crippen MR) is 90.0 cm³/mol. The molecule has 2 aromatic rings. The summed E-state index contributed by atoms with van der Waals surface area (Å²) >= 11 is 6.20. The third-order valence-corrected chi connectivity index (χ3v) is 5.12. The first-order chi connectivity index (χ1) is 11.1. The maximum absolute atomic E-state index is 11.9. The minimum absolute atomic E-state index is 0.0647. The van der Waals surface area contributed by atoms with Crippen LogP contribution in [-0.2, 0) is 17.6 Å². The Labute approximate surface area is 140 Å². The first-order valence-corrected chi connectivity index (χ1v) is 8.29. The zero-order chi connectivity index (χ0) is 16.0. The van der Waals surface area contributed by atoms with Crippen LogP contribution in [0.4, 0.5) is 4.79 Å². The van der Waals surface area contributed by atoms with E-state index < -0.39 is 0 Å². The van der Waals surface area contributed by atoms with E-state index in [-0.39, 0.29) is 18.1 Å². The summed E-state index contributed by atoms with van der Waals surface area (Å²) in [7, 11) is 1.79. The molecule has 23 heavy (non-hydrogen) atoms. The summed E-state index contributed by atoms with van der Waals surface area (Å²) in [6, 6.07) is 14.6. The molecule has 1 fully saturated rings. The Hall–Kier alpha value is -2.00. The summed E-state index contributed by atoms with van der Waals surface area (Å²) in [6.07, 6.45) is 1.54. The molecule has 0 radical (unpaired) electrons.